The van der Waals surface area contributed by atoms with Crippen LogP contribution < -0.4 is 10.0 Å². The van der Waals surface area contributed by atoms with Gasteiger partial charge in [0, 0.05) is 29.6 Å². The van der Waals surface area contributed by atoms with Crippen LogP contribution in [0.15, 0.2) is 16.3 Å². The van der Waals surface area contributed by atoms with Crippen LogP contribution in [-0.4, -0.2) is 25.9 Å². The van der Waals surface area contributed by atoms with E-state index in [2.05, 4.69) is 15.0 Å². The molecule has 1 aliphatic rings. The second kappa shape index (κ2) is 7.94. The minimum atomic E-state index is -3.52. The molecule has 0 fully saturated rings. The van der Waals surface area contributed by atoms with E-state index in [1.165, 1.54) is 41.7 Å². The van der Waals surface area contributed by atoms with E-state index in [1.54, 1.807) is 23.5 Å². The third-order valence-corrected chi connectivity index (χ3v) is 8.19. The number of hydrogen-bond acceptors (Lipinski definition) is 6. The third kappa shape index (κ3) is 4.87. The van der Waals surface area contributed by atoms with Gasteiger partial charge in [-0.15, -0.1) is 22.7 Å². The number of rotatable bonds is 7. The van der Waals surface area contributed by atoms with Crippen molar-refractivity contribution in [3.05, 3.63) is 32.6 Å². The van der Waals surface area contributed by atoms with Crippen LogP contribution in [0.1, 0.15) is 40.2 Å². The van der Waals surface area contributed by atoms with Gasteiger partial charge in [-0.2, -0.15) is 0 Å². The smallest absolute Gasteiger partial charge is 0.250 e. The normalized spacial score (nSPS) is 14.3. The number of hydrogen-bond donors (Lipinski definition) is 2. The molecule has 136 valence electrons. The number of carbonyl (C=O) groups is 1. The summed E-state index contributed by atoms with van der Waals surface area (Å²) >= 11 is 2.88. The molecule has 0 radical (unpaired) electrons. The van der Waals surface area contributed by atoms with E-state index in [4.69, 9.17) is 0 Å². The zero-order valence-corrected chi connectivity index (χ0v) is 16.5. The predicted octanol–water partition coefficient (Wildman–Crippen LogP) is 2.24. The molecule has 3 rings (SSSR count). The van der Waals surface area contributed by atoms with Gasteiger partial charge >= 0.3 is 0 Å². The number of nitrogens with one attached hydrogen (secondary N) is 2. The largest absolute Gasteiger partial charge is 0.351 e. The second-order valence-electron chi connectivity index (χ2n) is 5.96. The predicted molar refractivity (Wildman–Crippen MR) is 99.5 cm³/mol. The van der Waals surface area contributed by atoms with E-state index < -0.39 is 10.0 Å². The van der Waals surface area contributed by atoms with Crippen molar-refractivity contribution in [1.82, 2.24) is 15.0 Å². The van der Waals surface area contributed by atoms with Crippen molar-refractivity contribution in [1.29, 1.82) is 0 Å². The van der Waals surface area contributed by atoms with Crippen LogP contribution in [0.2, 0.25) is 0 Å². The first-order valence-electron chi connectivity index (χ1n) is 8.24. The maximum atomic E-state index is 12.4. The number of sulfonamides is 1. The van der Waals surface area contributed by atoms with Crippen LogP contribution in [0, 0.1) is 0 Å². The van der Waals surface area contributed by atoms with Gasteiger partial charge in [0.25, 0.3) is 0 Å². The Morgan fingerprint density at radius 2 is 2.04 bits per heavy atom. The lowest BCUT2D eigenvalue weighted by atomic mass is 10.0. The van der Waals surface area contributed by atoms with Gasteiger partial charge in [0.2, 0.25) is 15.9 Å². The molecule has 0 saturated carbocycles. The standard InChI is InChI=1S/C16H21N3O3S3/c1-11(20)17-10-12-6-7-16(23-12)25(21,22)18-9-8-15-19-13-4-2-3-5-14(13)24-15/h6-7,18H,2-5,8-10H2,1H3,(H,17,20). The first-order valence-corrected chi connectivity index (χ1v) is 11.4. The Kier molecular flexibility index (Phi) is 5.88. The fourth-order valence-corrected chi connectivity index (χ4v) is 6.21. The summed E-state index contributed by atoms with van der Waals surface area (Å²) in [5.74, 6) is -0.137. The summed E-state index contributed by atoms with van der Waals surface area (Å²) in [6.45, 7) is 2.12. The number of aromatic nitrogens is 1. The van der Waals surface area contributed by atoms with E-state index >= 15 is 0 Å². The highest BCUT2D eigenvalue weighted by Gasteiger charge is 2.18. The molecule has 2 N–H and O–H groups in total. The molecule has 2 aromatic heterocycles. The molecule has 9 heteroatoms. The second-order valence-corrected chi connectivity index (χ2v) is 10.3. The molecule has 0 atom stereocenters. The Labute approximate surface area is 155 Å². The highest BCUT2D eigenvalue weighted by atomic mass is 32.2. The molecule has 2 aromatic rings. The lowest BCUT2D eigenvalue weighted by Crippen LogP contribution is -2.25. The number of aryl methyl sites for hydroxylation is 2. The lowest BCUT2D eigenvalue weighted by Gasteiger charge is -2.06. The molecule has 1 amide bonds. The van der Waals surface area contributed by atoms with Crippen molar-refractivity contribution in [2.75, 3.05) is 6.54 Å². The monoisotopic (exact) mass is 399 g/mol. The zero-order valence-electron chi connectivity index (χ0n) is 14.0. The Morgan fingerprint density at radius 3 is 2.80 bits per heavy atom. The Balaban J connectivity index is 1.54. The third-order valence-electron chi connectivity index (χ3n) is 3.93. The number of carbonyl (C=O) groups excluding carboxylic acids is 1. The molecular formula is C16H21N3O3S3. The molecule has 2 heterocycles. The minimum Gasteiger partial charge on any atom is -0.351 e. The Hall–Kier alpha value is -1.29. The summed E-state index contributed by atoms with van der Waals surface area (Å²) in [6, 6.07) is 3.30. The van der Waals surface area contributed by atoms with Crippen molar-refractivity contribution >= 4 is 38.6 Å². The quantitative estimate of drug-likeness (QED) is 0.747. The molecule has 0 unspecified atom stereocenters. The topological polar surface area (TPSA) is 88.2 Å². The van der Waals surface area contributed by atoms with E-state index in [0.717, 1.165) is 22.7 Å². The molecule has 1 aliphatic carbocycles. The maximum absolute atomic E-state index is 12.4. The summed E-state index contributed by atoms with van der Waals surface area (Å²) in [4.78, 5) is 17.7. The van der Waals surface area contributed by atoms with Gasteiger partial charge in [-0.1, -0.05) is 0 Å². The molecule has 0 aromatic carbocycles. The van der Waals surface area contributed by atoms with Crippen LogP contribution >= 0.6 is 22.7 Å². The fraction of sp³-hybridized carbons (Fsp3) is 0.500. The summed E-state index contributed by atoms with van der Waals surface area (Å²) in [5.41, 5.74) is 1.20. The van der Waals surface area contributed by atoms with Gasteiger partial charge in [-0.25, -0.2) is 18.1 Å². The molecule has 0 bridgehead atoms. The van der Waals surface area contributed by atoms with E-state index in [1.807, 2.05) is 0 Å². The van der Waals surface area contributed by atoms with Gasteiger partial charge in [-0.3, -0.25) is 4.79 Å². The van der Waals surface area contributed by atoms with Gasteiger partial charge in [0.1, 0.15) is 4.21 Å². The average Bonchev–Trinajstić information content (AvgIpc) is 3.19. The summed E-state index contributed by atoms with van der Waals surface area (Å²) in [7, 11) is -3.52. The maximum Gasteiger partial charge on any atom is 0.250 e. The van der Waals surface area contributed by atoms with Crippen LogP contribution in [-0.2, 0) is 40.6 Å². The van der Waals surface area contributed by atoms with E-state index in [9.17, 15) is 13.2 Å². The van der Waals surface area contributed by atoms with Crippen LogP contribution in [0.3, 0.4) is 0 Å². The van der Waals surface area contributed by atoms with E-state index in [-0.39, 0.29) is 10.1 Å². The van der Waals surface area contributed by atoms with Crippen LogP contribution in [0.5, 0.6) is 0 Å². The van der Waals surface area contributed by atoms with Crippen molar-refractivity contribution in [3.63, 3.8) is 0 Å². The Bertz CT molecular complexity index is 832. The van der Waals surface area contributed by atoms with Gasteiger partial charge in [0.05, 0.1) is 17.2 Å². The number of fused-ring (bicyclic) bond motifs is 1. The minimum absolute atomic E-state index is 0.137. The van der Waals surface area contributed by atoms with Gasteiger partial charge in [-0.05, 0) is 37.8 Å². The lowest BCUT2D eigenvalue weighted by molar-refractivity contribution is -0.119. The molecule has 25 heavy (non-hydrogen) atoms. The average molecular weight is 400 g/mol. The zero-order chi connectivity index (χ0) is 17.9. The number of nitrogens with zero attached hydrogens (tertiary/aromatic N) is 1. The fourth-order valence-electron chi connectivity index (χ4n) is 2.69. The van der Waals surface area contributed by atoms with Crippen molar-refractivity contribution in [2.24, 2.45) is 0 Å². The number of amides is 1. The first-order chi connectivity index (χ1) is 11.9. The van der Waals surface area contributed by atoms with Crippen molar-refractivity contribution in [2.45, 2.75) is 49.8 Å². The summed E-state index contributed by atoms with van der Waals surface area (Å²) in [5, 5.41) is 3.67. The van der Waals surface area contributed by atoms with Gasteiger partial charge < -0.3 is 5.32 Å². The summed E-state index contributed by atoms with van der Waals surface area (Å²) in [6.07, 6.45) is 5.18. The van der Waals surface area contributed by atoms with Crippen LogP contribution in [0.25, 0.3) is 0 Å². The van der Waals surface area contributed by atoms with Crippen LogP contribution in [0.4, 0.5) is 0 Å². The highest BCUT2D eigenvalue weighted by molar-refractivity contribution is 7.91. The highest BCUT2D eigenvalue weighted by Crippen LogP contribution is 2.27. The first kappa shape index (κ1) is 18.5. The number of thiazole rings is 1. The van der Waals surface area contributed by atoms with Gasteiger partial charge in [0.15, 0.2) is 0 Å². The SMILES string of the molecule is CC(=O)NCc1ccc(S(=O)(=O)NCCc2nc3c(s2)CCCC3)s1. The molecular weight excluding hydrogens is 378 g/mol. The number of thiophene rings is 1. The van der Waals surface area contributed by atoms with Crippen molar-refractivity contribution < 1.29 is 13.2 Å². The molecule has 0 aliphatic heterocycles. The van der Waals surface area contributed by atoms with E-state index in [0.29, 0.717) is 19.5 Å². The summed E-state index contributed by atoms with van der Waals surface area (Å²) < 4.78 is 27.6. The molecule has 6 nitrogen and oxygen atoms in total. The molecule has 0 spiro atoms. The van der Waals surface area contributed by atoms with Crippen molar-refractivity contribution in [3.8, 4) is 0 Å². The molecule has 0 saturated heterocycles. The Morgan fingerprint density at radius 1 is 1.24 bits per heavy atom.